The zero-order chi connectivity index (χ0) is 13.1. The van der Waals surface area contributed by atoms with Crippen molar-refractivity contribution in [1.29, 1.82) is 0 Å². The van der Waals surface area contributed by atoms with Gasteiger partial charge < -0.3 is 5.32 Å². The van der Waals surface area contributed by atoms with E-state index in [1.165, 1.54) is 12.1 Å². The van der Waals surface area contributed by atoms with Crippen LogP contribution in [0.3, 0.4) is 0 Å². The van der Waals surface area contributed by atoms with Gasteiger partial charge in [0.25, 0.3) is 0 Å². The smallest absolute Gasteiger partial charge is 0.181 e. The summed E-state index contributed by atoms with van der Waals surface area (Å²) in [6, 6.07) is 6.21. The second kappa shape index (κ2) is 5.46. The van der Waals surface area contributed by atoms with Crippen molar-refractivity contribution in [3.63, 3.8) is 0 Å². The van der Waals surface area contributed by atoms with Gasteiger partial charge in [-0.25, -0.2) is 9.37 Å². The van der Waals surface area contributed by atoms with Crippen LogP contribution in [0, 0.1) is 5.82 Å². The van der Waals surface area contributed by atoms with Gasteiger partial charge in [0, 0.05) is 31.7 Å². The first-order chi connectivity index (χ1) is 9.31. The maximum atomic E-state index is 12.9. The van der Waals surface area contributed by atoms with Gasteiger partial charge >= 0.3 is 0 Å². The summed E-state index contributed by atoms with van der Waals surface area (Å²) < 4.78 is 12.9. The number of nitrogens with one attached hydrogen (secondary N) is 2. The maximum Gasteiger partial charge on any atom is 0.181 e. The highest BCUT2D eigenvalue weighted by Crippen LogP contribution is 2.15. The van der Waals surface area contributed by atoms with E-state index in [0.717, 1.165) is 44.1 Å². The lowest BCUT2D eigenvalue weighted by Crippen LogP contribution is -2.43. The average molecular weight is 261 g/mol. The molecule has 1 saturated heterocycles. The average Bonchev–Trinajstić information content (AvgIpc) is 2.89. The standard InChI is InChI=1S/C13H16FN5/c14-11-3-1-10(2-4-11)13-16-12(17-18-13)9-19-7-5-15-6-8-19/h1-4,15H,5-9H2,(H,16,17,18). The quantitative estimate of drug-likeness (QED) is 0.866. The predicted octanol–water partition coefficient (Wildman–Crippen LogP) is 1.02. The minimum atomic E-state index is -0.250. The third-order valence-corrected chi connectivity index (χ3v) is 3.22. The molecule has 2 heterocycles. The minimum Gasteiger partial charge on any atom is -0.314 e. The zero-order valence-corrected chi connectivity index (χ0v) is 10.6. The molecule has 1 aromatic carbocycles. The highest BCUT2D eigenvalue weighted by molar-refractivity contribution is 5.53. The van der Waals surface area contributed by atoms with Crippen molar-refractivity contribution in [2.75, 3.05) is 26.2 Å². The molecule has 1 aliphatic heterocycles. The van der Waals surface area contributed by atoms with Crippen molar-refractivity contribution in [3.8, 4) is 11.4 Å². The van der Waals surface area contributed by atoms with Crippen LogP contribution in [-0.2, 0) is 6.54 Å². The van der Waals surface area contributed by atoms with Crippen LogP contribution in [0.4, 0.5) is 4.39 Å². The molecule has 0 atom stereocenters. The fraction of sp³-hybridized carbons (Fsp3) is 0.385. The van der Waals surface area contributed by atoms with Crippen molar-refractivity contribution in [2.24, 2.45) is 0 Å². The van der Waals surface area contributed by atoms with Crippen LogP contribution in [-0.4, -0.2) is 46.3 Å². The molecule has 0 radical (unpaired) electrons. The molecule has 0 amide bonds. The highest BCUT2D eigenvalue weighted by Gasteiger charge is 2.13. The lowest BCUT2D eigenvalue weighted by atomic mass is 10.2. The van der Waals surface area contributed by atoms with Gasteiger partial charge in [-0.1, -0.05) is 0 Å². The fourth-order valence-electron chi connectivity index (χ4n) is 2.18. The van der Waals surface area contributed by atoms with Crippen LogP contribution >= 0.6 is 0 Å². The van der Waals surface area contributed by atoms with E-state index < -0.39 is 0 Å². The molecule has 1 fully saturated rings. The summed E-state index contributed by atoms with van der Waals surface area (Å²) in [6.07, 6.45) is 0. The molecule has 3 rings (SSSR count). The first-order valence-electron chi connectivity index (χ1n) is 6.41. The molecule has 5 nitrogen and oxygen atoms in total. The molecule has 2 N–H and O–H groups in total. The van der Waals surface area contributed by atoms with Crippen LogP contribution < -0.4 is 5.32 Å². The molecule has 0 saturated carbocycles. The zero-order valence-electron chi connectivity index (χ0n) is 10.6. The first-order valence-corrected chi connectivity index (χ1v) is 6.41. The molecule has 0 unspecified atom stereocenters. The SMILES string of the molecule is Fc1ccc(-c2n[nH]c(CN3CCNCC3)n2)cc1. The normalized spacial score (nSPS) is 16.7. The number of H-pyrrole nitrogens is 1. The van der Waals surface area contributed by atoms with Crippen LogP contribution in [0.25, 0.3) is 11.4 Å². The van der Waals surface area contributed by atoms with E-state index in [1.54, 1.807) is 12.1 Å². The molecule has 1 aliphatic rings. The van der Waals surface area contributed by atoms with Crippen molar-refractivity contribution in [3.05, 3.63) is 35.9 Å². The number of rotatable bonds is 3. The number of hydrogen-bond acceptors (Lipinski definition) is 4. The van der Waals surface area contributed by atoms with Gasteiger partial charge in [-0.3, -0.25) is 10.00 Å². The Morgan fingerprint density at radius 3 is 2.63 bits per heavy atom. The van der Waals surface area contributed by atoms with E-state index in [9.17, 15) is 4.39 Å². The topological polar surface area (TPSA) is 56.8 Å². The maximum absolute atomic E-state index is 12.9. The Kier molecular flexibility index (Phi) is 3.52. The Balaban J connectivity index is 1.70. The Labute approximate surface area is 110 Å². The number of hydrogen-bond donors (Lipinski definition) is 2. The summed E-state index contributed by atoms with van der Waals surface area (Å²) in [5.41, 5.74) is 0.823. The molecule has 0 spiro atoms. The van der Waals surface area contributed by atoms with Gasteiger partial charge in [0.1, 0.15) is 11.6 Å². The number of halogens is 1. The predicted molar refractivity (Wildman–Crippen MR) is 69.9 cm³/mol. The molecule has 19 heavy (non-hydrogen) atoms. The van der Waals surface area contributed by atoms with Gasteiger partial charge in [0.2, 0.25) is 0 Å². The molecule has 0 bridgehead atoms. The summed E-state index contributed by atoms with van der Waals surface area (Å²) in [4.78, 5) is 6.78. The molecular weight excluding hydrogens is 245 g/mol. The van der Waals surface area contributed by atoms with Gasteiger partial charge in [-0.2, -0.15) is 5.10 Å². The largest absolute Gasteiger partial charge is 0.314 e. The van der Waals surface area contributed by atoms with Gasteiger partial charge in [-0.05, 0) is 24.3 Å². The van der Waals surface area contributed by atoms with Gasteiger partial charge in [0.15, 0.2) is 5.82 Å². The van der Waals surface area contributed by atoms with Crippen LogP contribution in [0.2, 0.25) is 0 Å². The third kappa shape index (κ3) is 2.97. The van der Waals surface area contributed by atoms with Crippen LogP contribution in [0.1, 0.15) is 5.82 Å². The number of piperazine rings is 1. The molecule has 6 heteroatoms. The fourth-order valence-corrected chi connectivity index (χ4v) is 2.18. The molecule has 1 aromatic heterocycles. The molecule has 2 aromatic rings. The van der Waals surface area contributed by atoms with E-state index in [1.807, 2.05) is 0 Å². The molecule has 100 valence electrons. The monoisotopic (exact) mass is 261 g/mol. The van der Waals surface area contributed by atoms with Crippen LogP contribution in [0.15, 0.2) is 24.3 Å². The number of benzene rings is 1. The van der Waals surface area contributed by atoms with E-state index in [-0.39, 0.29) is 5.82 Å². The molecule has 0 aliphatic carbocycles. The highest BCUT2D eigenvalue weighted by atomic mass is 19.1. The van der Waals surface area contributed by atoms with E-state index in [0.29, 0.717) is 5.82 Å². The lowest BCUT2D eigenvalue weighted by molar-refractivity contribution is 0.228. The van der Waals surface area contributed by atoms with Gasteiger partial charge in [0.05, 0.1) is 6.54 Å². The number of aromatic nitrogens is 3. The van der Waals surface area contributed by atoms with E-state index in [4.69, 9.17) is 0 Å². The summed E-state index contributed by atoms with van der Waals surface area (Å²) in [7, 11) is 0. The number of nitrogens with zero attached hydrogens (tertiary/aromatic N) is 3. The summed E-state index contributed by atoms with van der Waals surface area (Å²) in [6.45, 7) is 4.84. The summed E-state index contributed by atoms with van der Waals surface area (Å²) >= 11 is 0. The van der Waals surface area contributed by atoms with Crippen molar-refractivity contribution in [2.45, 2.75) is 6.54 Å². The second-order valence-electron chi connectivity index (χ2n) is 4.64. The van der Waals surface area contributed by atoms with Crippen molar-refractivity contribution < 1.29 is 4.39 Å². The second-order valence-corrected chi connectivity index (χ2v) is 4.64. The van der Waals surface area contributed by atoms with E-state index in [2.05, 4.69) is 25.4 Å². The van der Waals surface area contributed by atoms with Crippen molar-refractivity contribution >= 4 is 0 Å². The van der Waals surface area contributed by atoms with E-state index >= 15 is 0 Å². The van der Waals surface area contributed by atoms with Crippen LogP contribution in [0.5, 0.6) is 0 Å². The summed E-state index contributed by atoms with van der Waals surface area (Å²) in [5.74, 6) is 1.21. The Hall–Kier alpha value is -1.79. The lowest BCUT2D eigenvalue weighted by Gasteiger charge is -2.25. The first kappa shape index (κ1) is 12.3. The molecular formula is C13H16FN5. The minimum absolute atomic E-state index is 0.250. The van der Waals surface area contributed by atoms with Gasteiger partial charge in [-0.15, -0.1) is 0 Å². The number of aromatic amines is 1. The Bertz CT molecular complexity index is 530. The Morgan fingerprint density at radius 2 is 1.89 bits per heavy atom. The third-order valence-electron chi connectivity index (χ3n) is 3.22. The van der Waals surface area contributed by atoms with Crippen molar-refractivity contribution in [1.82, 2.24) is 25.4 Å². The Morgan fingerprint density at radius 1 is 1.16 bits per heavy atom. The summed E-state index contributed by atoms with van der Waals surface area (Å²) in [5, 5.41) is 10.4.